The monoisotopic (exact) mass is 242 g/mol. The molecule has 2 unspecified atom stereocenters. The minimum Gasteiger partial charge on any atom is -0.444 e. The van der Waals surface area contributed by atoms with Crippen molar-refractivity contribution in [1.82, 2.24) is 10.2 Å². The summed E-state index contributed by atoms with van der Waals surface area (Å²) in [6.07, 6.45) is 1.84. The molecule has 1 aliphatic heterocycles. The van der Waals surface area contributed by atoms with Crippen LogP contribution in [0.3, 0.4) is 0 Å². The molecular weight excluding hydrogens is 216 g/mol. The Balaban J connectivity index is 2.60. The summed E-state index contributed by atoms with van der Waals surface area (Å²) in [5.74, 6) is 0. The highest BCUT2D eigenvalue weighted by Crippen LogP contribution is 2.18. The molecule has 0 radical (unpaired) electrons. The molecule has 1 amide bonds. The van der Waals surface area contributed by atoms with Gasteiger partial charge in [-0.25, -0.2) is 4.79 Å². The summed E-state index contributed by atoms with van der Waals surface area (Å²) in [6, 6.07) is 0.788. The molecule has 100 valence electrons. The number of piperidine rings is 1. The van der Waals surface area contributed by atoms with E-state index in [1.165, 1.54) is 0 Å². The van der Waals surface area contributed by atoms with Crippen LogP contribution in [-0.4, -0.2) is 41.8 Å². The summed E-state index contributed by atoms with van der Waals surface area (Å²) < 4.78 is 5.45. The maximum atomic E-state index is 12.1. The molecule has 1 heterocycles. The highest BCUT2D eigenvalue weighted by molar-refractivity contribution is 5.68. The molecule has 1 N–H and O–H groups in total. The van der Waals surface area contributed by atoms with Gasteiger partial charge in [-0.1, -0.05) is 0 Å². The van der Waals surface area contributed by atoms with E-state index in [-0.39, 0.29) is 6.09 Å². The summed E-state index contributed by atoms with van der Waals surface area (Å²) in [6.45, 7) is 11.6. The molecular formula is C13H26N2O2. The molecule has 0 aromatic heterocycles. The van der Waals surface area contributed by atoms with Gasteiger partial charge in [-0.2, -0.15) is 0 Å². The number of nitrogens with zero attached hydrogens (tertiary/aromatic N) is 1. The largest absolute Gasteiger partial charge is 0.444 e. The molecule has 0 aromatic carbocycles. The minimum absolute atomic E-state index is 0.181. The maximum Gasteiger partial charge on any atom is 0.410 e. The summed E-state index contributed by atoms with van der Waals surface area (Å²) in [5, 5.41) is 3.40. The summed E-state index contributed by atoms with van der Waals surface area (Å²) in [4.78, 5) is 13.9. The Labute approximate surface area is 105 Å². The van der Waals surface area contributed by atoms with Crippen LogP contribution in [0.25, 0.3) is 0 Å². The third-order valence-electron chi connectivity index (χ3n) is 3.01. The lowest BCUT2D eigenvalue weighted by Crippen LogP contribution is -2.50. The van der Waals surface area contributed by atoms with Gasteiger partial charge in [0.2, 0.25) is 0 Å². The van der Waals surface area contributed by atoms with Crippen LogP contribution in [0.5, 0.6) is 0 Å². The number of ether oxygens (including phenoxy) is 1. The van der Waals surface area contributed by atoms with Crippen LogP contribution in [0, 0.1) is 0 Å². The lowest BCUT2D eigenvalue weighted by atomic mass is 9.99. The molecule has 0 bridgehead atoms. The van der Waals surface area contributed by atoms with Gasteiger partial charge in [0.1, 0.15) is 5.60 Å². The lowest BCUT2D eigenvalue weighted by Gasteiger charge is -2.37. The SMILES string of the molecule is CCN(C(=O)OC(C)(C)C)C1CCNC(C)C1. The first-order chi connectivity index (χ1) is 7.83. The van der Waals surface area contributed by atoms with Crippen molar-refractivity contribution in [2.45, 2.75) is 65.1 Å². The van der Waals surface area contributed by atoms with E-state index in [1.807, 2.05) is 32.6 Å². The standard InChI is InChI=1S/C13H26N2O2/c1-6-15(12(16)17-13(3,4)5)11-7-8-14-10(2)9-11/h10-11,14H,6-9H2,1-5H3. The first kappa shape index (κ1) is 14.3. The Kier molecular flexibility index (Phi) is 4.80. The van der Waals surface area contributed by atoms with Crippen LogP contribution >= 0.6 is 0 Å². The van der Waals surface area contributed by atoms with Gasteiger partial charge in [0.25, 0.3) is 0 Å². The fourth-order valence-electron chi connectivity index (χ4n) is 2.25. The van der Waals surface area contributed by atoms with Crippen molar-refractivity contribution >= 4 is 6.09 Å². The second-order valence-corrected chi connectivity index (χ2v) is 5.80. The van der Waals surface area contributed by atoms with Crippen LogP contribution in [0.1, 0.15) is 47.5 Å². The van der Waals surface area contributed by atoms with E-state index in [9.17, 15) is 4.79 Å². The smallest absolute Gasteiger partial charge is 0.410 e. The van der Waals surface area contributed by atoms with Gasteiger partial charge >= 0.3 is 6.09 Å². The molecule has 1 saturated heterocycles. The average molecular weight is 242 g/mol. The van der Waals surface area contributed by atoms with Gasteiger partial charge in [0, 0.05) is 18.6 Å². The second-order valence-electron chi connectivity index (χ2n) is 5.80. The zero-order valence-corrected chi connectivity index (χ0v) is 11.7. The van der Waals surface area contributed by atoms with Crippen molar-refractivity contribution < 1.29 is 9.53 Å². The second kappa shape index (κ2) is 5.71. The average Bonchev–Trinajstić information content (AvgIpc) is 2.15. The summed E-state index contributed by atoms with van der Waals surface area (Å²) in [5.41, 5.74) is -0.414. The van der Waals surface area contributed by atoms with Crippen molar-refractivity contribution in [3.05, 3.63) is 0 Å². The van der Waals surface area contributed by atoms with E-state index in [1.54, 1.807) is 0 Å². The van der Waals surface area contributed by atoms with Crippen molar-refractivity contribution in [1.29, 1.82) is 0 Å². The van der Waals surface area contributed by atoms with Gasteiger partial charge < -0.3 is 15.0 Å². The van der Waals surface area contributed by atoms with Gasteiger partial charge in [0.15, 0.2) is 0 Å². The first-order valence-electron chi connectivity index (χ1n) is 6.56. The molecule has 0 aromatic rings. The van der Waals surface area contributed by atoms with Crippen LogP contribution in [0.4, 0.5) is 4.79 Å². The number of carbonyl (C=O) groups is 1. The summed E-state index contributed by atoms with van der Waals surface area (Å²) in [7, 11) is 0. The van der Waals surface area contributed by atoms with Crippen molar-refractivity contribution in [3.8, 4) is 0 Å². The molecule has 4 nitrogen and oxygen atoms in total. The van der Waals surface area contributed by atoms with E-state index >= 15 is 0 Å². The predicted octanol–water partition coefficient (Wildman–Crippen LogP) is 2.38. The van der Waals surface area contributed by atoms with Gasteiger partial charge in [0.05, 0.1) is 0 Å². The number of hydrogen-bond acceptors (Lipinski definition) is 3. The third kappa shape index (κ3) is 4.54. The molecule has 0 aliphatic carbocycles. The Morgan fingerprint density at radius 3 is 2.59 bits per heavy atom. The fraction of sp³-hybridized carbons (Fsp3) is 0.923. The number of amides is 1. The normalized spacial score (nSPS) is 25.5. The predicted molar refractivity (Wildman–Crippen MR) is 69.1 cm³/mol. The van der Waals surface area contributed by atoms with Crippen LogP contribution in [-0.2, 0) is 4.74 Å². The Morgan fingerprint density at radius 1 is 1.47 bits per heavy atom. The lowest BCUT2D eigenvalue weighted by molar-refractivity contribution is 0.0129. The molecule has 0 saturated carbocycles. The van der Waals surface area contributed by atoms with Crippen LogP contribution in [0.2, 0.25) is 0 Å². The maximum absolute atomic E-state index is 12.1. The molecule has 4 heteroatoms. The molecule has 17 heavy (non-hydrogen) atoms. The molecule has 1 fully saturated rings. The van der Waals surface area contributed by atoms with E-state index in [4.69, 9.17) is 4.74 Å². The number of rotatable bonds is 2. The summed E-state index contributed by atoms with van der Waals surface area (Å²) >= 11 is 0. The molecule has 0 spiro atoms. The third-order valence-corrected chi connectivity index (χ3v) is 3.01. The quantitative estimate of drug-likeness (QED) is 0.808. The zero-order chi connectivity index (χ0) is 13.1. The Hall–Kier alpha value is -0.770. The van der Waals surface area contributed by atoms with Gasteiger partial charge in [-0.3, -0.25) is 0 Å². The first-order valence-corrected chi connectivity index (χ1v) is 6.56. The van der Waals surface area contributed by atoms with Crippen molar-refractivity contribution in [2.24, 2.45) is 0 Å². The molecule has 1 rings (SSSR count). The molecule has 1 aliphatic rings. The Bertz CT molecular complexity index is 261. The number of carbonyl (C=O) groups excluding carboxylic acids is 1. The highest BCUT2D eigenvalue weighted by Gasteiger charge is 2.29. The zero-order valence-electron chi connectivity index (χ0n) is 11.7. The topological polar surface area (TPSA) is 41.6 Å². The van der Waals surface area contributed by atoms with E-state index in [0.717, 1.165) is 19.4 Å². The van der Waals surface area contributed by atoms with Crippen molar-refractivity contribution in [3.63, 3.8) is 0 Å². The van der Waals surface area contributed by atoms with Gasteiger partial charge in [-0.15, -0.1) is 0 Å². The van der Waals surface area contributed by atoms with Crippen molar-refractivity contribution in [2.75, 3.05) is 13.1 Å². The highest BCUT2D eigenvalue weighted by atomic mass is 16.6. The number of nitrogens with one attached hydrogen (secondary N) is 1. The van der Waals surface area contributed by atoms with Gasteiger partial charge in [-0.05, 0) is 54.0 Å². The number of hydrogen-bond donors (Lipinski definition) is 1. The van der Waals surface area contributed by atoms with E-state index < -0.39 is 5.60 Å². The molecule has 2 atom stereocenters. The fourth-order valence-corrected chi connectivity index (χ4v) is 2.25. The van der Waals surface area contributed by atoms with E-state index in [2.05, 4.69) is 12.2 Å². The minimum atomic E-state index is -0.414. The van der Waals surface area contributed by atoms with Crippen LogP contribution in [0.15, 0.2) is 0 Å². The Morgan fingerprint density at radius 2 is 2.12 bits per heavy atom. The van der Waals surface area contributed by atoms with Crippen LogP contribution < -0.4 is 5.32 Å². The van der Waals surface area contributed by atoms with E-state index in [0.29, 0.717) is 18.6 Å².